The van der Waals surface area contributed by atoms with E-state index in [1.807, 2.05) is 61.5 Å². The van der Waals surface area contributed by atoms with Gasteiger partial charge in [-0.2, -0.15) is 0 Å². The summed E-state index contributed by atoms with van der Waals surface area (Å²) >= 11 is 5.88. The minimum atomic E-state index is -0.195. The molecule has 0 spiro atoms. The van der Waals surface area contributed by atoms with Crippen molar-refractivity contribution in [3.63, 3.8) is 0 Å². The zero-order valence-electron chi connectivity index (χ0n) is 15.2. The number of H-pyrrole nitrogens is 1. The number of nitrogens with zero attached hydrogens (tertiary/aromatic N) is 1. The predicted octanol–water partition coefficient (Wildman–Crippen LogP) is 5.84. The fourth-order valence-corrected chi connectivity index (χ4v) is 3.04. The van der Waals surface area contributed by atoms with Crippen molar-refractivity contribution in [2.24, 2.45) is 0 Å². The molecule has 3 aromatic carbocycles. The number of carbonyl (C=O) groups is 1. The van der Waals surface area contributed by atoms with Gasteiger partial charge in [0.25, 0.3) is 0 Å². The lowest BCUT2D eigenvalue weighted by atomic mass is 10.1. The monoisotopic (exact) mass is 387 g/mol. The highest BCUT2D eigenvalue weighted by Crippen LogP contribution is 2.25. The average Bonchev–Trinajstić information content (AvgIpc) is 3.13. The van der Waals surface area contributed by atoms with Gasteiger partial charge in [-0.1, -0.05) is 48.0 Å². The molecular formula is C23H18ClN3O. The van der Waals surface area contributed by atoms with Gasteiger partial charge in [0.05, 0.1) is 11.0 Å². The van der Waals surface area contributed by atoms with Gasteiger partial charge in [-0.3, -0.25) is 4.79 Å². The third kappa shape index (κ3) is 3.97. The van der Waals surface area contributed by atoms with Crippen LogP contribution in [-0.2, 0) is 4.79 Å². The van der Waals surface area contributed by atoms with Crippen molar-refractivity contribution in [1.82, 2.24) is 9.97 Å². The Bertz CT molecular complexity index is 1140. The fourth-order valence-electron chi connectivity index (χ4n) is 2.91. The number of anilines is 1. The number of para-hydroxylation sites is 2. The van der Waals surface area contributed by atoms with Gasteiger partial charge in [0.2, 0.25) is 5.91 Å². The summed E-state index contributed by atoms with van der Waals surface area (Å²) in [6, 6.07) is 21.1. The maximum absolute atomic E-state index is 12.3. The van der Waals surface area contributed by atoms with Crippen molar-refractivity contribution in [3.8, 4) is 11.4 Å². The van der Waals surface area contributed by atoms with Gasteiger partial charge in [-0.25, -0.2) is 4.98 Å². The van der Waals surface area contributed by atoms with E-state index in [-0.39, 0.29) is 5.91 Å². The van der Waals surface area contributed by atoms with E-state index < -0.39 is 0 Å². The molecule has 4 nitrogen and oxygen atoms in total. The molecule has 4 aromatic rings. The lowest BCUT2D eigenvalue weighted by molar-refractivity contribution is -0.111. The summed E-state index contributed by atoms with van der Waals surface area (Å²) < 4.78 is 0. The number of carbonyl (C=O) groups excluding carboxylic acids is 1. The van der Waals surface area contributed by atoms with Crippen LogP contribution in [0.1, 0.15) is 11.1 Å². The number of nitrogens with one attached hydrogen (secondary N) is 2. The first-order chi connectivity index (χ1) is 13.6. The molecule has 0 aliphatic rings. The third-order valence-electron chi connectivity index (χ3n) is 4.46. The number of hydrogen-bond donors (Lipinski definition) is 2. The molecule has 1 amide bonds. The average molecular weight is 388 g/mol. The van der Waals surface area contributed by atoms with E-state index in [2.05, 4.69) is 15.3 Å². The van der Waals surface area contributed by atoms with E-state index >= 15 is 0 Å². The minimum Gasteiger partial charge on any atom is -0.338 e. The number of imidazole rings is 1. The quantitative estimate of drug-likeness (QED) is 0.432. The molecule has 1 heterocycles. The summed E-state index contributed by atoms with van der Waals surface area (Å²) in [6.07, 6.45) is 3.26. The number of halogens is 1. The Kier molecular flexibility index (Phi) is 4.96. The standard InChI is InChI=1S/C23H18ClN3O/c1-15-6-10-17(23-26-19-4-2-3-5-20(19)27-23)14-21(15)25-22(28)13-9-16-7-11-18(24)12-8-16/h2-14H,1H3,(H,25,28)(H,26,27)/b13-9+. The number of aryl methyl sites for hydroxylation is 1. The first-order valence-corrected chi connectivity index (χ1v) is 9.27. The largest absolute Gasteiger partial charge is 0.338 e. The van der Waals surface area contributed by atoms with Crippen LogP contribution in [0.2, 0.25) is 5.02 Å². The normalized spacial score (nSPS) is 11.2. The molecule has 5 heteroatoms. The SMILES string of the molecule is Cc1ccc(-c2nc3ccccc3[nH]2)cc1NC(=O)/C=C/c1ccc(Cl)cc1. The first kappa shape index (κ1) is 18.0. The molecule has 138 valence electrons. The Balaban J connectivity index is 1.55. The molecule has 0 unspecified atom stereocenters. The molecule has 4 rings (SSSR count). The second-order valence-corrected chi connectivity index (χ2v) is 6.94. The predicted molar refractivity (Wildman–Crippen MR) is 115 cm³/mol. The molecule has 28 heavy (non-hydrogen) atoms. The van der Waals surface area contributed by atoms with Gasteiger partial charge in [0, 0.05) is 22.3 Å². The number of aromatic nitrogens is 2. The summed E-state index contributed by atoms with van der Waals surface area (Å²) in [5.74, 6) is 0.577. The molecule has 0 aliphatic carbocycles. The summed E-state index contributed by atoms with van der Waals surface area (Å²) in [7, 11) is 0. The summed E-state index contributed by atoms with van der Waals surface area (Å²) in [6.45, 7) is 1.96. The lowest BCUT2D eigenvalue weighted by Gasteiger charge is -2.08. The molecule has 0 aliphatic heterocycles. The Morgan fingerprint density at radius 1 is 1.07 bits per heavy atom. The second kappa shape index (κ2) is 7.71. The van der Waals surface area contributed by atoms with Crippen LogP contribution in [0.15, 0.2) is 72.8 Å². The molecule has 0 saturated carbocycles. The van der Waals surface area contributed by atoms with Crippen LogP contribution in [0.4, 0.5) is 5.69 Å². The van der Waals surface area contributed by atoms with Crippen LogP contribution >= 0.6 is 11.6 Å². The van der Waals surface area contributed by atoms with Crippen LogP contribution in [0, 0.1) is 6.92 Å². The fraction of sp³-hybridized carbons (Fsp3) is 0.0435. The molecule has 1 aromatic heterocycles. The summed E-state index contributed by atoms with van der Waals surface area (Å²) in [5, 5.41) is 3.61. The molecular weight excluding hydrogens is 370 g/mol. The molecule has 0 radical (unpaired) electrons. The van der Waals surface area contributed by atoms with Crippen molar-refractivity contribution >= 4 is 40.3 Å². The topological polar surface area (TPSA) is 57.8 Å². The summed E-state index contributed by atoms with van der Waals surface area (Å²) in [5.41, 5.74) is 5.45. The maximum Gasteiger partial charge on any atom is 0.248 e. The van der Waals surface area contributed by atoms with E-state index in [9.17, 15) is 4.79 Å². The minimum absolute atomic E-state index is 0.195. The highest BCUT2D eigenvalue weighted by Gasteiger charge is 2.08. The zero-order chi connectivity index (χ0) is 19.5. The molecule has 2 N–H and O–H groups in total. The van der Waals surface area contributed by atoms with Crippen molar-refractivity contribution in [2.45, 2.75) is 6.92 Å². The second-order valence-electron chi connectivity index (χ2n) is 6.51. The van der Waals surface area contributed by atoms with Crippen molar-refractivity contribution in [1.29, 1.82) is 0 Å². The van der Waals surface area contributed by atoms with Crippen molar-refractivity contribution < 1.29 is 4.79 Å². The Hall–Kier alpha value is -3.37. The van der Waals surface area contributed by atoms with E-state index in [4.69, 9.17) is 11.6 Å². The Morgan fingerprint density at radius 3 is 2.64 bits per heavy atom. The van der Waals surface area contributed by atoms with E-state index in [1.54, 1.807) is 18.2 Å². The lowest BCUT2D eigenvalue weighted by Crippen LogP contribution is -2.09. The number of benzene rings is 3. The smallest absolute Gasteiger partial charge is 0.248 e. The Morgan fingerprint density at radius 2 is 1.86 bits per heavy atom. The molecule has 0 bridgehead atoms. The third-order valence-corrected chi connectivity index (χ3v) is 4.71. The van der Waals surface area contributed by atoms with E-state index in [0.29, 0.717) is 5.02 Å². The van der Waals surface area contributed by atoms with Crippen LogP contribution in [0.25, 0.3) is 28.5 Å². The highest BCUT2D eigenvalue weighted by atomic mass is 35.5. The number of fused-ring (bicyclic) bond motifs is 1. The number of amides is 1. The van der Waals surface area contributed by atoms with Crippen molar-refractivity contribution in [3.05, 3.63) is 89.0 Å². The highest BCUT2D eigenvalue weighted by molar-refractivity contribution is 6.30. The molecule has 0 atom stereocenters. The van der Waals surface area contributed by atoms with E-state index in [1.165, 1.54) is 6.08 Å². The van der Waals surface area contributed by atoms with Crippen molar-refractivity contribution in [2.75, 3.05) is 5.32 Å². The van der Waals surface area contributed by atoms with Crippen LogP contribution in [-0.4, -0.2) is 15.9 Å². The Labute approximate surface area is 167 Å². The zero-order valence-corrected chi connectivity index (χ0v) is 16.0. The first-order valence-electron chi connectivity index (χ1n) is 8.89. The van der Waals surface area contributed by atoms with Gasteiger partial charge < -0.3 is 10.3 Å². The van der Waals surface area contributed by atoms with Gasteiger partial charge in [-0.15, -0.1) is 0 Å². The van der Waals surface area contributed by atoms with Crippen LogP contribution < -0.4 is 5.32 Å². The number of aromatic amines is 1. The maximum atomic E-state index is 12.3. The number of hydrogen-bond acceptors (Lipinski definition) is 2. The van der Waals surface area contributed by atoms with Crippen LogP contribution in [0.3, 0.4) is 0 Å². The van der Waals surface area contributed by atoms with Gasteiger partial charge >= 0.3 is 0 Å². The van der Waals surface area contributed by atoms with Gasteiger partial charge in [0.1, 0.15) is 5.82 Å². The van der Waals surface area contributed by atoms with Crippen LogP contribution in [0.5, 0.6) is 0 Å². The molecule has 0 fully saturated rings. The van der Waals surface area contributed by atoms with E-state index in [0.717, 1.165) is 39.2 Å². The van der Waals surface area contributed by atoms with Gasteiger partial charge in [-0.05, 0) is 54.5 Å². The van der Waals surface area contributed by atoms with Gasteiger partial charge in [0.15, 0.2) is 0 Å². The number of rotatable bonds is 4. The molecule has 0 saturated heterocycles. The summed E-state index contributed by atoms with van der Waals surface area (Å²) in [4.78, 5) is 20.3.